The van der Waals surface area contributed by atoms with E-state index in [1.54, 1.807) is 0 Å². The molecular formula is C11H10N2O2S. The average molecular weight is 234 g/mol. The van der Waals surface area contributed by atoms with E-state index in [-0.39, 0.29) is 10.9 Å². The Morgan fingerprint density at radius 3 is 3.06 bits per heavy atom. The van der Waals surface area contributed by atoms with Crippen molar-refractivity contribution in [2.24, 2.45) is 0 Å². The summed E-state index contributed by atoms with van der Waals surface area (Å²) in [5.74, 6) is 0.497. The van der Waals surface area contributed by atoms with E-state index in [9.17, 15) is 0 Å². The summed E-state index contributed by atoms with van der Waals surface area (Å²) in [6.07, 6.45) is 0.690. The summed E-state index contributed by atoms with van der Waals surface area (Å²) in [5.41, 5.74) is 2.39. The number of ether oxygens (including phenoxy) is 1. The first-order valence-corrected chi connectivity index (χ1v) is 5.50. The predicted molar refractivity (Wildman–Crippen MR) is 59.6 cm³/mol. The van der Waals surface area contributed by atoms with Gasteiger partial charge in [-0.15, -0.1) is 5.10 Å². The normalized spacial score (nSPS) is 19.4. The summed E-state index contributed by atoms with van der Waals surface area (Å²) >= 11 is 4.86. The number of hydrogen-bond acceptors (Lipinski definition) is 4. The van der Waals surface area contributed by atoms with E-state index < -0.39 is 0 Å². The zero-order valence-electron chi connectivity index (χ0n) is 8.47. The molecule has 1 aromatic carbocycles. The molecule has 1 atom stereocenters. The maximum absolute atomic E-state index is 5.68. The van der Waals surface area contributed by atoms with Gasteiger partial charge < -0.3 is 9.15 Å². The fourth-order valence-corrected chi connectivity index (χ4v) is 2.08. The van der Waals surface area contributed by atoms with Crippen LogP contribution in [0.3, 0.4) is 0 Å². The minimum atomic E-state index is -0.238. The summed E-state index contributed by atoms with van der Waals surface area (Å²) in [6.45, 7) is 0.677. The molecular weight excluding hydrogens is 224 g/mol. The highest BCUT2D eigenvalue weighted by Gasteiger charge is 2.25. The van der Waals surface area contributed by atoms with Crippen molar-refractivity contribution in [1.82, 2.24) is 10.2 Å². The lowest BCUT2D eigenvalue weighted by Gasteiger charge is -2.23. The Morgan fingerprint density at radius 2 is 2.25 bits per heavy atom. The van der Waals surface area contributed by atoms with Gasteiger partial charge in [0.2, 0.25) is 5.89 Å². The molecule has 82 valence electrons. The molecule has 0 unspecified atom stereocenters. The highest BCUT2D eigenvalue weighted by atomic mass is 32.1. The maximum atomic E-state index is 5.68. The molecule has 0 fully saturated rings. The van der Waals surface area contributed by atoms with Crippen molar-refractivity contribution < 1.29 is 9.15 Å². The Balaban J connectivity index is 2.08. The molecule has 2 aromatic rings. The van der Waals surface area contributed by atoms with Gasteiger partial charge in [0, 0.05) is 0 Å². The fourth-order valence-electron chi connectivity index (χ4n) is 1.95. The Labute approximate surface area is 97.3 Å². The van der Waals surface area contributed by atoms with Gasteiger partial charge in [0.15, 0.2) is 6.10 Å². The molecule has 0 saturated heterocycles. The van der Waals surface area contributed by atoms with Crippen LogP contribution in [-0.4, -0.2) is 16.8 Å². The fraction of sp³-hybridized carbons (Fsp3) is 0.273. The minimum absolute atomic E-state index is 0.238. The summed E-state index contributed by atoms with van der Waals surface area (Å²) in [5, 5.41) is 6.63. The molecule has 0 amide bonds. The topological polar surface area (TPSA) is 51.0 Å². The van der Waals surface area contributed by atoms with Crippen LogP contribution in [0.1, 0.15) is 23.1 Å². The van der Waals surface area contributed by atoms with Crippen LogP contribution < -0.4 is 0 Å². The van der Waals surface area contributed by atoms with Gasteiger partial charge in [-0.3, -0.25) is 0 Å². The van der Waals surface area contributed by atoms with E-state index >= 15 is 0 Å². The smallest absolute Gasteiger partial charge is 0.284 e. The number of H-pyrrole nitrogens is 1. The molecule has 4 nitrogen and oxygen atoms in total. The molecule has 1 aromatic heterocycles. The molecule has 5 heteroatoms. The van der Waals surface area contributed by atoms with E-state index in [0.717, 1.165) is 12.0 Å². The molecule has 1 N–H and O–H groups in total. The number of nitrogens with zero attached hydrogens (tertiary/aromatic N) is 1. The van der Waals surface area contributed by atoms with Gasteiger partial charge in [-0.05, 0) is 29.8 Å². The lowest BCUT2D eigenvalue weighted by Crippen LogP contribution is -2.17. The van der Waals surface area contributed by atoms with Crippen molar-refractivity contribution in [2.45, 2.75) is 12.5 Å². The van der Waals surface area contributed by atoms with Crippen molar-refractivity contribution in [3.05, 3.63) is 46.1 Å². The third-order valence-corrected chi connectivity index (χ3v) is 2.85. The number of benzene rings is 1. The van der Waals surface area contributed by atoms with E-state index in [1.165, 1.54) is 5.56 Å². The molecule has 16 heavy (non-hydrogen) atoms. The van der Waals surface area contributed by atoms with Gasteiger partial charge in [0.05, 0.1) is 6.61 Å². The van der Waals surface area contributed by atoms with E-state index in [1.807, 2.05) is 18.2 Å². The van der Waals surface area contributed by atoms with Crippen LogP contribution in [0.25, 0.3) is 0 Å². The van der Waals surface area contributed by atoms with E-state index in [4.69, 9.17) is 21.4 Å². The van der Waals surface area contributed by atoms with E-state index in [0.29, 0.717) is 12.5 Å². The monoisotopic (exact) mass is 234 g/mol. The molecule has 1 aliphatic rings. The number of aromatic nitrogens is 2. The number of aromatic amines is 1. The second kappa shape index (κ2) is 3.84. The Kier molecular flexibility index (Phi) is 2.34. The summed E-state index contributed by atoms with van der Waals surface area (Å²) in [4.78, 5) is 0.279. The van der Waals surface area contributed by atoms with Gasteiger partial charge >= 0.3 is 0 Å². The van der Waals surface area contributed by atoms with Crippen LogP contribution in [0, 0.1) is 4.84 Å². The summed E-state index contributed by atoms with van der Waals surface area (Å²) < 4.78 is 11.0. The molecule has 3 rings (SSSR count). The van der Waals surface area contributed by atoms with Crippen LogP contribution in [0.5, 0.6) is 0 Å². The predicted octanol–water partition coefficient (Wildman–Crippen LogP) is 2.39. The number of fused-ring (bicyclic) bond motifs is 1. The van der Waals surface area contributed by atoms with Crippen LogP contribution in [0.2, 0.25) is 0 Å². The number of rotatable bonds is 1. The van der Waals surface area contributed by atoms with Crippen molar-refractivity contribution in [3.63, 3.8) is 0 Å². The third kappa shape index (κ3) is 1.58. The van der Waals surface area contributed by atoms with Gasteiger partial charge in [-0.1, -0.05) is 24.3 Å². The zero-order chi connectivity index (χ0) is 11.0. The summed E-state index contributed by atoms with van der Waals surface area (Å²) in [6, 6.07) is 8.15. The molecule has 0 radical (unpaired) electrons. The SMILES string of the molecule is S=c1[nH]nc([C@H]2OCCc3ccccc32)o1. The maximum Gasteiger partial charge on any atom is 0.284 e. The Bertz CT molecular complexity index is 561. The largest absolute Gasteiger partial charge is 0.411 e. The van der Waals surface area contributed by atoms with Crippen LogP contribution >= 0.6 is 12.2 Å². The van der Waals surface area contributed by atoms with Gasteiger partial charge in [0.1, 0.15) is 0 Å². The molecule has 0 spiro atoms. The lowest BCUT2D eigenvalue weighted by atomic mass is 9.98. The molecule has 0 bridgehead atoms. The Morgan fingerprint density at radius 1 is 1.38 bits per heavy atom. The van der Waals surface area contributed by atoms with Crippen LogP contribution in [0.15, 0.2) is 28.7 Å². The number of hydrogen-bond donors (Lipinski definition) is 1. The number of nitrogens with one attached hydrogen (secondary N) is 1. The molecule has 0 aliphatic carbocycles. The third-order valence-electron chi connectivity index (χ3n) is 2.67. The molecule has 1 aliphatic heterocycles. The minimum Gasteiger partial charge on any atom is -0.411 e. The first-order chi connectivity index (χ1) is 7.84. The first kappa shape index (κ1) is 9.74. The summed E-state index contributed by atoms with van der Waals surface area (Å²) in [7, 11) is 0. The Hall–Kier alpha value is -1.46. The zero-order valence-corrected chi connectivity index (χ0v) is 9.29. The van der Waals surface area contributed by atoms with Crippen molar-refractivity contribution >= 4 is 12.2 Å². The van der Waals surface area contributed by atoms with Crippen molar-refractivity contribution in [2.75, 3.05) is 6.61 Å². The van der Waals surface area contributed by atoms with Crippen LogP contribution in [-0.2, 0) is 11.2 Å². The average Bonchev–Trinajstić information content (AvgIpc) is 2.75. The van der Waals surface area contributed by atoms with Crippen molar-refractivity contribution in [3.8, 4) is 0 Å². The van der Waals surface area contributed by atoms with Crippen molar-refractivity contribution in [1.29, 1.82) is 0 Å². The highest BCUT2D eigenvalue weighted by Crippen LogP contribution is 2.31. The van der Waals surface area contributed by atoms with Crippen LogP contribution in [0.4, 0.5) is 0 Å². The second-order valence-electron chi connectivity index (χ2n) is 3.65. The lowest BCUT2D eigenvalue weighted by molar-refractivity contribution is 0.0512. The van der Waals surface area contributed by atoms with Gasteiger partial charge in [-0.2, -0.15) is 0 Å². The van der Waals surface area contributed by atoms with E-state index in [2.05, 4.69) is 16.3 Å². The second-order valence-corrected chi connectivity index (χ2v) is 4.02. The van der Waals surface area contributed by atoms with Gasteiger partial charge in [-0.25, -0.2) is 5.10 Å². The molecule has 2 heterocycles. The molecule has 0 saturated carbocycles. The van der Waals surface area contributed by atoms with Gasteiger partial charge in [0.25, 0.3) is 4.84 Å². The highest BCUT2D eigenvalue weighted by molar-refractivity contribution is 7.71. The first-order valence-electron chi connectivity index (χ1n) is 5.09. The standard InChI is InChI=1S/C11H10N2O2S/c16-11-13-12-10(15-11)9-8-4-2-1-3-7(8)5-6-14-9/h1-4,9H,5-6H2,(H,13,16)/t9-/m0/s1. The quantitative estimate of drug-likeness (QED) is 0.770.